The standard InChI is InChI=1S/C5H10N/c1-5(6-2)3-4-5/h3-4H2,1-2H3. The van der Waals surface area contributed by atoms with E-state index in [1.54, 1.807) is 0 Å². The van der Waals surface area contributed by atoms with E-state index >= 15 is 0 Å². The highest BCUT2D eigenvalue weighted by Gasteiger charge is 2.36. The number of hydrogen-bond donors (Lipinski definition) is 0. The fourth-order valence-corrected chi connectivity index (χ4v) is 0.405. The minimum atomic E-state index is 0.417. The molecule has 1 aliphatic rings. The van der Waals surface area contributed by atoms with Gasteiger partial charge < -0.3 is 0 Å². The maximum Gasteiger partial charge on any atom is 0.0326 e. The van der Waals surface area contributed by atoms with Crippen LogP contribution in [0, 0.1) is 0 Å². The Bertz CT molecular complexity index is 55.0. The second-order valence-electron chi connectivity index (χ2n) is 2.22. The third-order valence-electron chi connectivity index (χ3n) is 1.51. The normalized spacial score (nSPS) is 27.0. The van der Waals surface area contributed by atoms with Crippen LogP contribution in [0.15, 0.2) is 0 Å². The van der Waals surface area contributed by atoms with Gasteiger partial charge in [0.25, 0.3) is 0 Å². The van der Waals surface area contributed by atoms with Gasteiger partial charge in [-0.05, 0) is 19.8 Å². The van der Waals surface area contributed by atoms with Crippen molar-refractivity contribution in [3.63, 3.8) is 0 Å². The lowest BCUT2D eigenvalue weighted by molar-refractivity contribution is 0.594. The summed E-state index contributed by atoms with van der Waals surface area (Å²) in [5.41, 5.74) is 0.417. The van der Waals surface area contributed by atoms with Crippen LogP contribution in [0.4, 0.5) is 0 Å². The Morgan fingerprint density at radius 2 is 2.00 bits per heavy atom. The van der Waals surface area contributed by atoms with E-state index in [2.05, 4.69) is 12.2 Å². The van der Waals surface area contributed by atoms with Gasteiger partial charge in [-0.25, -0.2) is 5.32 Å². The summed E-state index contributed by atoms with van der Waals surface area (Å²) in [6, 6.07) is 0. The van der Waals surface area contributed by atoms with Crippen LogP contribution < -0.4 is 5.32 Å². The molecule has 0 unspecified atom stereocenters. The van der Waals surface area contributed by atoms with Crippen LogP contribution in [-0.4, -0.2) is 12.6 Å². The molecular formula is C5H10N. The molecular weight excluding hydrogens is 74.1 g/mol. The Labute approximate surface area is 38.7 Å². The zero-order valence-electron chi connectivity index (χ0n) is 4.36. The van der Waals surface area contributed by atoms with Crippen LogP contribution in [0.25, 0.3) is 0 Å². The molecule has 0 bridgehead atoms. The fourth-order valence-electron chi connectivity index (χ4n) is 0.405. The first-order valence-electron chi connectivity index (χ1n) is 2.38. The molecule has 1 heteroatoms. The molecule has 0 aromatic carbocycles. The number of rotatable bonds is 1. The SMILES string of the molecule is C[N]C1(C)CC1. The first kappa shape index (κ1) is 4.13. The summed E-state index contributed by atoms with van der Waals surface area (Å²) in [5, 5.41) is 4.13. The lowest BCUT2D eigenvalue weighted by Crippen LogP contribution is -2.13. The highest BCUT2D eigenvalue weighted by atomic mass is 15.0. The maximum atomic E-state index is 4.13. The van der Waals surface area contributed by atoms with Crippen LogP contribution in [0.1, 0.15) is 19.8 Å². The van der Waals surface area contributed by atoms with Crippen molar-refractivity contribution in [3.8, 4) is 0 Å². The monoisotopic (exact) mass is 84.1 g/mol. The van der Waals surface area contributed by atoms with Crippen LogP contribution >= 0.6 is 0 Å². The molecule has 1 rings (SSSR count). The molecule has 35 valence electrons. The number of nitrogens with zero attached hydrogens (tertiary/aromatic N) is 1. The van der Waals surface area contributed by atoms with E-state index in [9.17, 15) is 0 Å². The van der Waals surface area contributed by atoms with Crippen molar-refractivity contribution in [2.45, 2.75) is 25.3 Å². The van der Waals surface area contributed by atoms with Crippen LogP contribution in [-0.2, 0) is 0 Å². The van der Waals surface area contributed by atoms with Gasteiger partial charge >= 0.3 is 0 Å². The molecule has 6 heavy (non-hydrogen) atoms. The predicted molar refractivity (Wildman–Crippen MR) is 25.7 cm³/mol. The summed E-state index contributed by atoms with van der Waals surface area (Å²) >= 11 is 0. The van der Waals surface area contributed by atoms with Gasteiger partial charge in [0.05, 0.1) is 0 Å². The van der Waals surface area contributed by atoms with Crippen molar-refractivity contribution >= 4 is 0 Å². The van der Waals surface area contributed by atoms with Crippen molar-refractivity contribution < 1.29 is 0 Å². The fraction of sp³-hybridized carbons (Fsp3) is 1.00. The number of hydrogen-bond acceptors (Lipinski definition) is 0. The van der Waals surface area contributed by atoms with E-state index in [0.29, 0.717) is 5.54 Å². The zero-order chi connectivity index (χ0) is 4.62. The van der Waals surface area contributed by atoms with Gasteiger partial charge in [0.1, 0.15) is 0 Å². The van der Waals surface area contributed by atoms with Gasteiger partial charge in [-0.2, -0.15) is 0 Å². The molecule has 0 amide bonds. The van der Waals surface area contributed by atoms with E-state index in [1.807, 2.05) is 7.05 Å². The van der Waals surface area contributed by atoms with Gasteiger partial charge in [-0.15, -0.1) is 0 Å². The quantitative estimate of drug-likeness (QED) is 0.445. The zero-order valence-corrected chi connectivity index (χ0v) is 4.36. The van der Waals surface area contributed by atoms with Crippen molar-refractivity contribution in [2.75, 3.05) is 7.05 Å². The first-order valence-corrected chi connectivity index (χ1v) is 2.38. The minimum Gasteiger partial charge on any atom is -0.239 e. The average Bonchev–Trinajstić information content (AvgIpc) is 2.22. The molecule has 0 aromatic rings. The molecule has 0 saturated heterocycles. The first-order chi connectivity index (χ1) is 2.77. The molecule has 1 nitrogen and oxygen atoms in total. The Kier molecular flexibility index (Phi) is 0.667. The smallest absolute Gasteiger partial charge is 0.0326 e. The summed E-state index contributed by atoms with van der Waals surface area (Å²) in [6.07, 6.45) is 2.62. The third-order valence-corrected chi connectivity index (χ3v) is 1.51. The highest BCUT2D eigenvalue weighted by molar-refractivity contribution is 4.95. The van der Waals surface area contributed by atoms with E-state index in [4.69, 9.17) is 0 Å². The van der Waals surface area contributed by atoms with Gasteiger partial charge in [0.2, 0.25) is 0 Å². The van der Waals surface area contributed by atoms with Gasteiger partial charge in [-0.3, -0.25) is 0 Å². The van der Waals surface area contributed by atoms with Gasteiger partial charge in [0, 0.05) is 12.6 Å². The van der Waals surface area contributed by atoms with Crippen LogP contribution in [0.5, 0.6) is 0 Å². The van der Waals surface area contributed by atoms with E-state index in [-0.39, 0.29) is 0 Å². The Morgan fingerprint density at radius 3 is 2.00 bits per heavy atom. The van der Waals surface area contributed by atoms with Crippen LogP contribution in [0.3, 0.4) is 0 Å². The van der Waals surface area contributed by atoms with Gasteiger partial charge in [-0.1, -0.05) is 0 Å². The molecule has 1 radical (unpaired) electrons. The second kappa shape index (κ2) is 0.969. The summed E-state index contributed by atoms with van der Waals surface area (Å²) in [5.74, 6) is 0. The summed E-state index contributed by atoms with van der Waals surface area (Å²) in [6.45, 7) is 2.19. The van der Waals surface area contributed by atoms with Gasteiger partial charge in [0.15, 0.2) is 0 Å². The second-order valence-corrected chi connectivity index (χ2v) is 2.22. The Morgan fingerprint density at radius 1 is 1.50 bits per heavy atom. The Balaban J connectivity index is 2.28. The Hall–Kier alpha value is -0.0400. The van der Waals surface area contributed by atoms with Crippen molar-refractivity contribution in [1.29, 1.82) is 0 Å². The average molecular weight is 84.1 g/mol. The lowest BCUT2D eigenvalue weighted by Gasteiger charge is -1.98. The topological polar surface area (TPSA) is 14.1 Å². The predicted octanol–water partition coefficient (Wildman–Crippen LogP) is 0.773. The molecule has 0 heterocycles. The molecule has 1 aliphatic carbocycles. The molecule has 0 N–H and O–H groups in total. The van der Waals surface area contributed by atoms with E-state index in [0.717, 1.165) is 0 Å². The lowest BCUT2D eigenvalue weighted by atomic mass is 10.3. The molecule has 0 aliphatic heterocycles. The van der Waals surface area contributed by atoms with Crippen LogP contribution in [0.2, 0.25) is 0 Å². The minimum absolute atomic E-state index is 0.417. The molecule has 0 atom stereocenters. The molecule has 0 spiro atoms. The van der Waals surface area contributed by atoms with E-state index in [1.165, 1.54) is 12.8 Å². The summed E-state index contributed by atoms with van der Waals surface area (Å²) in [4.78, 5) is 0. The van der Waals surface area contributed by atoms with Crippen molar-refractivity contribution in [2.24, 2.45) is 0 Å². The summed E-state index contributed by atoms with van der Waals surface area (Å²) in [7, 11) is 1.90. The largest absolute Gasteiger partial charge is 0.239 e. The third kappa shape index (κ3) is 0.548. The molecule has 0 aromatic heterocycles. The summed E-state index contributed by atoms with van der Waals surface area (Å²) < 4.78 is 0. The molecule has 1 saturated carbocycles. The highest BCUT2D eigenvalue weighted by Crippen LogP contribution is 2.34. The van der Waals surface area contributed by atoms with E-state index < -0.39 is 0 Å². The van der Waals surface area contributed by atoms with Crippen molar-refractivity contribution in [1.82, 2.24) is 5.32 Å². The maximum absolute atomic E-state index is 4.13. The molecule has 1 fully saturated rings. The van der Waals surface area contributed by atoms with Crippen molar-refractivity contribution in [3.05, 3.63) is 0 Å².